The zero-order chi connectivity index (χ0) is 8.72. The molecule has 0 unspecified atom stereocenters. The standard InChI is InChI=1S/C7H7N3OS/c1-3-6-5(7(11)10-9-3)8-4(2)12-6/h1-2H3,(H,10,11). The average Bonchev–Trinajstić information content (AvgIpc) is 2.41. The molecule has 0 atom stereocenters. The normalized spacial score (nSPS) is 10.8. The third-order valence-electron chi connectivity index (χ3n) is 1.60. The minimum absolute atomic E-state index is 0.208. The van der Waals surface area contributed by atoms with Gasteiger partial charge in [-0.15, -0.1) is 11.3 Å². The minimum Gasteiger partial charge on any atom is -0.265 e. The summed E-state index contributed by atoms with van der Waals surface area (Å²) in [5, 5.41) is 7.14. The van der Waals surface area contributed by atoms with Crippen LogP contribution in [-0.4, -0.2) is 15.2 Å². The number of fused-ring (bicyclic) bond motifs is 1. The summed E-state index contributed by atoms with van der Waals surface area (Å²) in [6, 6.07) is 0. The Morgan fingerprint density at radius 2 is 2.17 bits per heavy atom. The smallest absolute Gasteiger partial charge is 0.265 e. The number of rotatable bonds is 0. The third kappa shape index (κ3) is 0.937. The van der Waals surface area contributed by atoms with Gasteiger partial charge in [-0.25, -0.2) is 10.1 Å². The lowest BCUT2D eigenvalue weighted by Crippen LogP contribution is -2.08. The highest BCUT2D eigenvalue weighted by Gasteiger charge is 2.07. The first-order chi connectivity index (χ1) is 5.68. The molecular formula is C7H7N3OS. The average molecular weight is 181 g/mol. The van der Waals surface area contributed by atoms with Gasteiger partial charge in [0.2, 0.25) is 0 Å². The van der Waals surface area contributed by atoms with Crippen molar-refractivity contribution in [1.29, 1.82) is 0 Å². The van der Waals surface area contributed by atoms with Gasteiger partial charge in [-0.1, -0.05) is 0 Å². The molecule has 0 aliphatic carbocycles. The molecule has 0 saturated heterocycles. The molecule has 1 N–H and O–H groups in total. The van der Waals surface area contributed by atoms with Crippen LogP contribution < -0.4 is 5.56 Å². The number of aromatic amines is 1. The van der Waals surface area contributed by atoms with Crippen LogP contribution in [-0.2, 0) is 0 Å². The molecule has 0 radical (unpaired) electrons. The molecule has 0 aliphatic rings. The molecule has 0 fully saturated rings. The van der Waals surface area contributed by atoms with Crippen molar-refractivity contribution in [3.63, 3.8) is 0 Å². The maximum absolute atomic E-state index is 11.2. The van der Waals surface area contributed by atoms with Crippen LogP contribution in [0.5, 0.6) is 0 Å². The molecule has 0 spiro atoms. The highest BCUT2D eigenvalue weighted by molar-refractivity contribution is 7.18. The Bertz CT molecular complexity index is 485. The number of hydrogen-bond acceptors (Lipinski definition) is 4. The van der Waals surface area contributed by atoms with E-state index < -0.39 is 0 Å². The van der Waals surface area contributed by atoms with E-state index in [2.05, 4.69) is 15.2 Å². The fourth-order valence-electron chi connectivity index (χ4n) is 1.06. The zero-order valence-electron chi connectivity index (χ0n) is 6.71. The molecule has 0 amide bonds. The summed E-state index contributed by atoms with van der Waals surface area (Å²) in [4.78, 5) is 15.3. The SMILES string of the molecule is Cc1nc2c(=O)[nH]nc(C)c2s1. The van der Waals surface area contributed by atoms with Crippen molar-refractivity contribution in [2.24, 2.45) is 0 Å². The van der Waals surface area contributed by atoms with Gasteiger partial charge >= 0.3 is 0 Å². The number of nitrogens with zero attached hydrogens (tertiary/aromatic N) is 2. The number of H-pyrrole nitrogens is 1. The second-order valence-electron chi connectivity index (χ2n) is 2.55. The Kier molecular flexibility index (Phi) is 1.47. The van der Waals surface area contributed by atoms with Crippen molar-refractivity contribution in [2.75, 3.05) is 0 Å². The molecule has 12 heavy (non-hydrogen) atoms. The van der Waals surface area contributed by atoms with Crippen LogP contribution >= 0.6 is 11.3 Å². The highest BCUT2D eigenvalue weighted by atomic mass is 32.1. The molecule has 2 rings (SSSR count). The summed E-state index contributed by atoms with van der Waals surface area (Å²) in [6.45, 7) is 3.74. The minimum atomic E-state index is -0.208. The summed E-state index contributed by atoms with van der Waals surface area (Å²) in [7, 11) is 0. The Labute approximate surface area is 72.3 Å². The van der Waals surface area contributed by atoms with Gasteiger partial charge in [-0.2, -0.15) is 5.10 Å². The molecule has 5 heteroatoms. The van der Waals surface area contributed by atoms with E-state index in [-0.39, 0.29) is 5.56 Å². The Morgan fingerprint density at radius 3 is 2.83 bits per heavy atom. The van der Waals surface area contributed by atoms with E-state index in [1.165, 1.54) is 11.3 Å². The maximum atomic E-state index is 11.2. The molecule has 0 aliphatic heterocycles. The second-order valence-corrected chi connectivity index (χ2v) is 3.75. The topological polar surface area (TPSA) is 58.6 Å². The summed E-state index contributed by atoms with van der Waals surface area (Å²) in [6.07, 6.45) is 0. The van der Waals surface area contributed by atoms with Crippen LogP contribution in [0.25, 0.3) is 10.2 Å². The van der Waals surface area contributed by atoms with Gasteiger partial charge in [0, 0.05) is 0 Å². The monoisotopic (exact) mass is 181 g/mol. The van der Waals surface area contributed by atoms with E-state index in [0.29, 0.717) is 5.52 Å². The van der Waals surface area contributed by atoms with E-state index in [1.807, 2.05) is 13.8 Å². The first-order valence-corrected chi connectivity index (χ1v) is 4.32. The van der Waals surface area contributed by atoms with Crippen molar-refractivity contribution in [3.8, 4) is 0 Å². The molecule has 62 valence electrons. The fourth-order valence-corrected chi connectivity index (χ4v) is 1.93. The Balaban J connectivity index is 3.03. The third-order valence-corrected chi connectivity index (χ3v) is 2.68. The van der Waals surface area contributed by atoms with Gasteiger partial charge in [0.05, 0.1) is 15.4 Å². The number of thiazole rings is 1. The number of aryl methyl sites for hydroxylation is 2. The number of nitrogens with one attached hydrogen (secondary N) is 1. The van der Waals surface area contributed by atoms with Crippen LogP contribution in [0.4, 0.5) is 0 Å². The van der Waals surface area contributed by atoms with Crippen molar-refractivity contribution in [2.45, 2.75) is 13.8 Å². The molecule has 0 aromatic carbocycles. The van der Waals surface area contributed by atoms with Crippen LogP contribution in [0.2, 0.25) is 0 Å². The van der Waals surface area contributed by atoms with E-state index in [9.17, 15) is 4.79 Å². The zero-order valence-corrected chi connectivity index (χ0v) is 7.53. The largest absolute Gasteiger partial charge is 0.291 e. The van der Waals surface area contributed by atoms with Crippen molar-refractivity contribution >= 4 is 21.6 Å². The summed E-state index contributed by atoms with van der Waals surface area (Å²) in [5.74, 6) is 0. The summed E-state index contributed by atoms with van der Waals surface area (Å²) in [5.41, 5.74) is 1.13. The molecule has 2 aromatic rings. The lowest BCUT2D eigenvalue weighted by molar-refractivity contribution is 0.968. The molecule has 0 bridgehead atoms. The van der Waals surface area contributed by atoms with Gasteiger partial charge in [-0.3, -0.25) is 4.79 Å². The van der Waals surface area contributed by atoms with E-state index in [4.69, 9.17) is 0 Å². The van der Waals surface area contributed by atoms with Crippen LogP contribution in [0.3, 0.4) is 0 Å². The Hall–Kier alpha value is -1.23. The van der Waals surface area contributed by atoms with Crippen molar-refractivity contribution < 1.29 is 0 Å². The predicted molar refractivity (Wildman–Crippen MR) is 47.5 cm³/mol. The van der Waals surface area contributed by atoms with Gasteiger partial charge in [-0.05, 0) is 13.8 Å². The van der Waals surface area contributed by atoms with Gasteiger partial charge in [0.1, 0.15) is 5.52 Å². The lowest BCUT2D eigenvalue weighted by atomic mass is 10.4. The van der Waals surface area contributed by atoms with Crippen molar-refractivity contribution in [1.82, 2.24) is 15.2 Å². The van der Waals surface area contributed by atoms with E-state index >= 15 is 0 Å². The maximum Gasteiger partial charge on any atom is 0.291 e. The van der Waals surface area contributed by atoms with E-state index in [0.717, 1.165) is 15.4 Å². The molecular weight excluding hydrogens is 174 g/mol. The second kappa shape index (κ2) is 2.38. The molecule has 2 heterocycles. The summed E-state index contributed by atoms with van der Waals surface area (Å²) < 4.78 is 0.885. The van der Waals surface area contributed by atoms with Gasteiger partial charge in [0.15, 0.2) is 0 Å². The van der Waals surface area contributed by atoms with Gasteiger partial charge < -0.3 is 0 Å². The first kappa shape index (κ1) is 7.42. The van der Waals surface area contributed by atoms with Crippen LogP contribution in [0, 0.1) is 13.8 Å². The van der Waals surface area contributed by atoms with Crippen LogP contribution in [0.1, 0.15) is 10.7 Å². The quantitative estimate of drug-likeness (QED) is 0.659. The Morgan fingerprint density at radius 1 is 1.42 bits per heavy atom. The molecule has 2 aromatic heterocycles. The number of aromatic nitrogens is 3. The van der Waals surface area contributed by atoms with Crippen molar-refractivity contribution in [3.05, 3.63) is 21.1 Å². The fraction of sp³-hybridized carbons (Fsp3) is 0.286. The van der Waals surface area contributed by atoms with E-state index in [1.54, 1.807) is 0 Å². The van der Waals surface area contributed by atoms with Crippen LogP contribution in [0.15, 0.2) is 4.79 Å². The molecule has 4 nitrogen and oxygen atoms in total. The highest BCUT2D eigenvalue weighted by Crippen LogP contribution is 2.19. The molecule has 0 saturated carbocycles. The first-order valence-electron chi connectivity index (χ1n) is 3.51. The van der Waals surface area contributed by atoms with Gasteiger partial charge in [0.25, 0.3) is 5.56 Å². The lowest BCUT2D eigenvalue weighted by Gasteiger charge is -1.89. The summed E-state index contributed by atoms with van der Waals surface area (Å²) >= 11 is 1.50. The predicted octanol–water partition coefficient (Wildman–Crippen LogP) is 0.996. The number of hydrogen-bond donors (Lipinski definition) is 1.